The summed E-state index contributed by atoms with van der Waals surface area (Å²) < 4.78 is 1.02. The van der Waals surface area contributed by atoms with Crippen LogP contribution in [0.4, 0.5) is 0 Å². The number of carbonyl (C=O) groups is 1. The zero-order chi connectivity index (χ0) is 13.7. The minimum atomic E-state index is 0.0929. The molecule has 2 heterocycles. The number of aromatic nitrogens is 1. The van der Waals surface area contributed by atoms with E-state index >= 15 is 0 Å². The molecule has 0 aromatic carbocycles. The number of nitrogens with one attached hydrogen (secondary N) is 1. The van der Waals surface area contributed by atoms with Crippen LogP contribution >= 0.6 is 22.6 Å². The highest BCUT2D eigenvalue weighted by atomic mass is 127. The lowest BCUT2D eigenvalue weighted by molar-refractivity contribution is -0.122. The van der Waals surface area contributed by atoms with E-state index in [1.54, 1.807) is 7.05 Å². The fourth-order valence-electron chi connectivity index (χ4n) is 2.15. The van der Waals surface area contributed by atoms with Gasteiger partial charge in [-0.25, -0.2) is 0 Å². The standard InChI is InChI=1S/C13H19IN4O/c1-15-13(19)10-18-6-4-17(5-7-18)9-11-2-3-12(14)16-8-11/h2-3,8H,4-7,9-10H2,1H3,(H,15,19). The van der Waals surface area contributed by atoms with Crippen LogP contribution in [-0.4, -0.2) is 60.5 Å². The largest absolute Gasteiger partial charge is 0.358 e. The predicted octanol–water partition coefficient (Wildman–Crippen LogP) is 0.550. The van der Waals surface area contributed by atoms with E-state index in [0.29, 0.717) is 6.54 Å². The van der Waals surface area contributed by atoms with Crippen molar-refractivity contribution in [3.63, 3.8) is 0 Å². The smallest absolute Gasteiger partial charge is 0.233 e. The SMILES string of the molecule is CNC(=O)CN1CCN(Cc2ccc(I)nc2)CC1. The maximum atomic E-state index is 11.3. The van der Waals surface area contributed by atoms with Crippen molar-refractivity contribution in [1.29, 1.82) is 0 Å². The molecule has 0 bridgehead atoms. The first-order valence-electron chi connectivity index (χ1n) is 6.43. The molecule has 2 rings (SSSR count). The molecule has 1 aromatic heterocycles. The van der Waals surface area contributed by atoms with E-state index in [1.807, 2.05) is 12.3 Å². The molecule has 6 heteroatoms. The number of likely N-dealkylation sites (N-methyl/N-ethyl adjacent to an activating group) is 1. The maximum absolute atomic E-state index is 11.3. The zero-order valence-electron chi connectivity index (χ0n) is 11.1. The van der Waals surface area contributed by atoms with Crippen LogP contribution in [-0.2, 0) is 11.3 Å². The van der Waals surface area contributed by atoms with Crippen molar-refractivity contribution in [2.24, 2.45) is 0 Å². The molecule has 1 amide bonds. The Balaban J connectivity index is 1.77. The summed E-state index contributed by atoms with van der Waals surface area (Å²) in [6.07, 6.45) is 1.94. The fraction of sp³-hybridized carbons (Fsp3) is 0.538. The molecule has 0 radical (unpaired) electrons. The maximum Gasteiger partial charge on any atom is 0.233 e. The highest BCUT2D eigenvalue weighted by Gasteiger charge is 2.18. The Morgan fingerprint density at radius 3 is 2.58 bits per heavy atom. The van der Waals surface area contributed by atoms with Gasteiger partial charge in [-0.1, -0.05) is 6.07 Å². The van der Waals surface area contributed by atoms with E-state index in [1.165, 1.54) is 5.56 Å². The number of nitrogens with zero attached hydrogens (tertiary/aromatic N) is 3. The van der Waals surface area contributed by atoms with Crippen LogP contribution in [0.2, 0.25) is 0 Å². The first-order chi connectivity index (χ1) is 9.17. The Hall–Kier alpha value is -0.730. The fourth-order valence-corrected chi connectivity index (χ4v) is 2.46. The summed E-state index contributed by atoms with van der Waals surface area (Å²) in [6.45, 7) is 5.36. The molecule has 104 valence electrons. The van der Waals surface area contributed by atoms with E-state index in [9.17, 15) is 4.79 Å². The lowest BCUT2D eigenvalue weighted by Gasteiger charge is -2.34. The molecule has 1 aromatic rings. The van der Waals surface area contributed by atoms with Crippen molar-refractivity contribution in [3.05, 3.63) is 27.6 Å². The van der Waals surface area contributed by atoms with Crippen LogP contribution in [0.1, 0.15) is 5.56 Å². The summed E-state index contributed by atoms with van der Waals surface area (Å²) in [6, 6.07) is 4.17. The van der Waals surface area contributed by atoms with Crippen molar-refractivity contribution >= 4 is 28.5 Å². The highest BCUT2D eigenvalue weighted by molar-refractivity contribution is 14.1. The lowest BCUT2D eigenvalue weighted by Crippen LogP contribution is -2.48. The van der Waals surface area contributed by atoms with Gasteiger partial charge in [0.15, 0.2) is 0 Å². The third kappa shape index (κ3) is 4.70. The Morgan fingerprint density at radius 1 is 1.32 bits per heavy atom. The van der Waals surface area contributed by atoms with Gasteiger partial charge in [0.05, 0.1) is 6.54 Å². The van der Waals surface area contributed by atoms with E-state index in [0.717, 1.165) is 36.4 Å². The van der Waals surface area contributed by atoms with Crippen molar-refractivity contribution in [3.8, 4) is 0 Å². The van der Waals surface area contributed by atoms with Crippen LogP contribution in [0.3, 0.4) is 0 Å². The number of carbonyl (C=O) groups excluding carboxylic acids is 1. The monoisotopic (exact) mass is 374 g/mol. The average molecular weight is 374 g/mol. The summed E-state index contributed by atoms with van der Waals surface area (Å²) in [7, 11) is 1.68. The molecule has 0 atom stereocenters. The third-order valence-electron chi connectivity index (χ3n) is 3.31. The van der Waals surface area contributed by atoms with Gasteiger partial charge in [0.2, 0.25) is 5.91 Å². The normalized spacial score (nSPS) is 17.4. The lowest BCUT2D eigenvalue weighted by atomic mass is 10.2. The second kappa shape index (κ2) is 7.16. The average Bonchev–Trinajstić information content (AvgIpc) is 2.43. The van der Waals surface area contributed by atoms with Gasteiger partial charge in [-0.15, -0.1) is 0 Å². The summed E-state index contributed by atoms with van der Waals surface area (Å²) in [5.41, 5.74) is 1.25. The number of rotatable bonds is 4. The van der Waals surface area contributed by atoms with Gasteiger partial charge in [-0.05, 0) is 34.2 Å². The zero-order valence-corrected chi connectivity index (χ0v) is 13.3. The van der Waals surface area contributed by atoms with Crippen LogP contribution in [0.25, 0.3) is 0 Å². The van der Waals surface area contributed by atoms with Crippen molar-refractivity contribution < 1.29 is 4.79 Å². The molecule has 1 aliphatic heterocycles. The Bertz CT molecular complexity index is 415. The van der Waals surface area contributed by atoms with Gasteiger partial charge in [-0.2, -0.15) is 0 Å². The van der Waals surface area contributed by atoms with Gasteiger partial charge < -0.3 is 5.32 Å². The van der Waals surface area contributed by atoms with Gasteiger partial charge in [-0.3, -0.25) is 19.6 Å². The minimum Gasteiger partial charge on any atom is -0.358 e. The van der Waals surface area contributed by atoms with E-state index < -0.39 is 0 Å². The molecule has 0 spiro atoms. The predicted molar refractivity (Wildman–Crippen MR) is 82.7 cm³/mol. The number of halogens is 1. The Morgan fingerprint density at radius 2 is 2.00 bits per heavy atom. The van der Waals surface area contributed by atoms with Crippen molar-refractivity contribution in [2.45, 2.75) is 6.54 Å². The molecule has 0 aliphatic carbocycles. The molecule has 1 aliphatic rings. The topological polar surface area (TPSA) is 48.5 Å². The van der Waals surface area contributed by atoms with Gasteiger partial charge in [0, 0.05) is 46.0 Å². The number of hydrogen-bond donors (Lipinski definition) is 1. The van der Waals surface area contributed by atoms with Gasteiger partial charge in [0.25, 0.3) is 0 Å². The summed E-state index contributed by atoms with van der Waals surface area (Å²) in [5.74, 6) is 0.0929. The van der Waals surface area contributed by atoms with Crippen LogP contribution in [0.5, 0.6) is 0 Å². The van der Waals surface area contributed by atoms with Crippen LogP contribution in [0, 0.1) is 3.70 Å². The van der Waals surface area contributed by atoms with Crippen molar-refractivity contribution in [2.75, 3.05) is 39.8 Å². The number of pyridine rings is 1. The Labute approximate surface area is 127 Å². The van der Waals surface area contributed by atoms with Crippen LogP contribution in [0.15, 0.2) is 18.3 Å². The van der Waals surface area contributed by atoms with Gasteiger partial charge >= 0.3 is 0 Å². The van der Waals surface area contributed by atoms with Crippen LogP contribution < -0.4 is 5.32 Å². The molecule has 1 N–H and O–H groups in total. The third-order valence-corrected chi connectivity index (χ3v) is 3.94. The molecular weight excluding hydrogens is 355 g/mol. The summed E-state index contributed by atoms with van der Waals surface area (Å²) in [4.78, 5) is 20.2. The molecule has 0 saturated carbocycles. The Kier molecular flexibility index (Phi) is 5.53. The van der Waals surface area contributed by atoms with E-state index in [4.69, 9.17) is 0 Å². The number of piperazine rings is 1. The van der Waals surface area contributed by atoms with E-state index in [2.05, 4.69) is 48.8 Å². The first-order valence-corrected chi connectivity index (χ1v) is 7.51. The van der Waals surface area contributed by atoms with Gasteiger partial charge in [0.1, 0.15) is 3.70 Å². The molecule has 0 unspecified atom stereocenters. The first kappa shape index (κ1) is 14.7. The summed E-state index contributed by atoms with van der Waals surface area (Å²) in [5, 5.41) is 2.67. The molecule has 19 heavy (non-hydrogen) atoms. The number of hydrogen-bond acceptors (Lipinski definition) is 4. The molecule has 1 saturated heterocycles. The summed E-state index contributed by atoms with van der Waals surface area (Å²) >= 11 is 2.22. The molecule has 5 nitrogen and oxygen atoms in total. The number of amides is 1. The second-order valence-corrected chi connectivity index (χ2v) is 5.82. The highest BCUT2D eigenvalue weighted by Crippen LogP contribution is 2.09. The molecule has 1 fully saturated rings. The second-order valence-electron chi connectivity index (χ2n) is 4.71. The minimum absolute atomic E-state index is 0.0929. The van der Waals surface area contributed by atoms with Crippen molar-refractivity contribution in [1.82, 2.24) is 20.1 Å². The van der Waals surface area contributed by atoms with E-state index in [-0.39, 0.29) is 5.91 Å². The quantitative estimate of drug-likeness (QED) is 0.618. The molecular formula is C13H19IN4O.